The number of rotatable bonds is 6. The van der Waals surface area contributed by atoms with E-state index < -0.39 is 0 Å². The standard InChI is InChI=1S/C15H27NO2/c1-4-5-9-14(12-13(2)15(17)18-3)16-10-7-6-8-11-16/h12,14H,4-11H2,1-3H3. The second-order valence-electron chi connectivity index (χ2n) is 5.15. The van der Waals surface area contributed by atoms with E-state index in [-0.39, 0.29) is 5.97 Å². The van der Waals surface area contributed by atoms with Crippen LogP contribution >= 0.6 is 0 Å². The van der Waals surface area contributed by atoms with Gasteiger partial charge in [0.15, 0.2) is 0 Å². The molecule has 1 unspecified atom stereocenters. The lowest BCUT2D eigenvalue weighted by molar-refractivity contribution is -0.136. The minimum absolute atomic E-state index is 0.200. The van der Waals surface area contributed by atoms with E-state index in [1.807, 2.05) is 6.92 Å². The average molecular weight is 253 g/mol. The molecular formula is C15H27NO2. The van der Waals surface area contributed by atoms with Crippen LogP contribution in [0.25, 0.3) is 0 Å². The largest absolute Gasteiger partial charge is 0.466 e. The lowest BCUT2D eigenvalue weighted by Crippen LogP contribution is -2.38. The van der Waals surface area contributed by atoms with Crippen molar-refractivity contribution >= 4 is 5.97 Å². The molecule has 0 amide bonds. The number of carbonyl (C=O) groups excluding carboxylic acids is 1. The molecule has 0 aliphatic carbocycles. The highest BCUT2D eigenvalue weighted by Crippen LogP contribution is 2.18. The first-order valence-corrected chi connectivity index (χ1v) is 7.19. The van der Waals surface area contributed by atoms with Gasteiger partial charge in [0.05, 0.1) is 7.11 Å². The Morgan fingerprint density at radius 1 is 1.33 bits per heavy atom. The number of hydrogen-bond donors (Lipinski definition) is 0. The number of ether oxygens (including phenoxy) is 1. The molecule has 0 aromatic rings. The van der Waals surface area contributed by atoms with Crippen molar-refractivity contribution in [1.82, 2.24) is 4.90 Å². The Morgan fingerprint density at radius 2 is 2.00 bits per heavy atom. The number of carbonyl (C=O) groups is 1. The number of hydrogen-bond acceptors (Lipinski definition) is 3. The van der Waals surface area contributed by atoms with Gasteiger partial charge in [0, 0.05) is 11.6 Å². The van der Waals surface area contributed by atoms with Gasteiger partial charge in [-0.25, -0.2) is 4.79 Å². The van der Waals surface area contributed by atoms with Crippen LogP contribution in [0, 0.1) is 0 Å². The fraction of sp³-hybridized carbons (Fsp3) is 0.800. The molecule has 0 spiro atoms. The highest BCUT2D eigenvalue weighted by atomic mass is 16.5. The normalized spacial score (nSPS) is 19.6. The maximum atomic E-state index is 11.5. The van der Waals surface area contributed by atoms with Crippen LogP contribution in [0.2, 0.25) is 0 Å². The van der Waals surface area contributed by atoms with E-state index in [1.54, 1.807) is 0 Å². The van der Waals surface area contributed by atoms with Crippen LogP contribution in [0.1, 0.15) is 52.4 Å². The van der Waals surface area contributed by atoms with E-state index in [1.165, 1.54) is 52.3 Å². The summed E-state index contributed by atoms with van der Waals surface area (Å²) < 4.78 is 4.78. The predicted molar refractivity (Wildman–Crippen MR) is 74.5 cm³/mol. The van der Waals surface area contributed by atoms with Crippen LogP contribution < -0.4 is 0 Å². The Labute approximate surface area is 111 Å². The van der Waals surface area contributed by atoms with Crippen LogP contribution in [-0.2, 0) is 9.53 Å². The van der Waals surface area contributed by atoms with Gasteiger partial charge >= 0.3 is 5.97 Å². The number of esters is 1. The Hall–Kier alpha value is -0.830. The molecule has 1 aliphatic heterocycles. The third-order valence-corrected chi connectivity index (χ3v) is 3.66. The van der Waals surface area contributed by atoms with Crippen LogP contribution in [0.15, 0.2) is 11.6 Å². The number of methoxy groups -OCH3 is 1. The molecule has 0 radical (unpaired) electrons. The van der Waals surface area contributed by atoms with Crippen LogP contribution in [-0.4, -0.2) is 37.1 Å². The number of nitrogens with zero attached hydrogens (tertiary/aromatic N) is 1. The molecule has 0 saturated carbocycles. The van der Waals surface area contributed by atoms with E-state index >= 15 is 0 Å². The second kappa shape index (κ2) is 8.30. The van der Waals surface area contributed by atoms with Crippen LogP contribution in [0.4, 0.5) is 0 Å². The molecule has 18 heavy (non-hydrogen) atoms. The van der Waals surface area contributed by atoms with Gasteiger partial charge in [-0.1, -0.05) is 32.3 Å². The predicted octanol–water partition coefficient (Wildman–Crippen LogP) is 3.15. The van der Waals surface area contributed by atoms with Gasteiger partial charge in [0.25, 0.3) is 0 Å². The van der Waals surface area contributed by atoms with E-state index in [0.717, 1.165) is 12.0 Å². The van der Waals surface area contributed by atoms with Gasteiger partial charge in [-0.2, -0.15) is 0 Å². The molecule has 1 heterocycles. The van der Waals surface area contributed by atoms with Crippen molar-refractivity contribution in [3.63, 3.8) is 0 Å². The maximum Gasteiger partial charge on any atom is 0.333 e. The summed E-state index contributed by atoms with van der Waals surface area (Å²) >= 11 is 0. The molecule has 0 bridgehead atoms. The lowest BCUT2D eigenvalue weighted by atomic mass is 10.0. The minimum Gasteiger partial charge on any atom is -0.466 e. The molecule has 1 atom stereocenters. The molecule has 1 fully saturated rings. The van der Waals surface area contributed by atoms with Crippen molar-refractivity contribution in [2.75, 3.05) is 20.2 Å². The van der Waals surface area contributed by atoms with Gasteiger partial charge in [-0.15, -0.1) is 0 Å². The van der Waals surface area contributed by atoms with Crippen molar-refractivity contribution in [1.29, 1.82) is 0 Å². The molecule has 0 N–H and O–H groups in total. The summed E-state index contributed by atoms with van der Waals surface area (Å²) in [6, 6.07) is 0.407. The summed E-state index contributed by atoms with van der Waals surface area (Å²) in [6.45, 7) is 6.40. The molecule has 1 saturated heterocycles. The summed E-state index contributed by atoms with van der Waals surface area (Å²) in [6.07, 6.45) is 9.58. The van der Waals surface area contributed by atoms with Crippen molar-refractivity contribution in [2.45, 2.75) is 58.4 Å². The first kappa shape index (κ1) is 15.2. The Kier molecular flexibility index (Phi) is 7.02. The SMILES string of the molecule is CCCCC(C=C(C)C(=O)OC)N1CCCCC1. The van der Waals surface area contributed by atoms with Gasteiger partial charge in [-0.3, -0.25) is 4.90 Å². The van der Waals surface area contributed by atoms with Gasteiger partial charge in [-0.05, 0) is 39.3 Å². The highest BCUT2D eigenvalue weighted by molar-refractivity contribution is 5.87. The number of unbranched alkanes of at least 4 members (excludes halogenated alkanes) is 1. The number of piperidine rings is 1. The Morgan fingerprint density at radius 3 is 2.56 bits per heavy atom. The fourth-order valence-electron chi connectivity index (χ4n) is 2.55. The van der Waals surface area contributed by atoms with E-state index in [2.05, 4.69) is 17.9 Å². The Bertz CT molecular complexity index is 280. The van der Waals surface area contributed by atoms with Crippen molar-refractivity contribution < 1.29 is 9.53 Å². The second-order valence-corrected chi connectivity index (χ2v) is 5.15. The van der Waals surface area contributed by atoms with Crippen LogP contribution in [0.3, 0.4) is 0 Å². The molecule has 0 aromatic carbocycles. The topological polar surface area (TPSA) is 29.5 Å². The lowest BCUT2D eigenvalue weighted by Gasteiger charge is -2.33. The monoisotopic (exact) mass is 253 g/mol. The summed E-state index contributed by atoms with van der Waals surface area (Å²) in [5.74, 6) is -0.200. The molecule has 3 nitrogen and oxygen atoms in total. The summed E-state index contributed by atoms with van der Waals surface area (Å²) in [4.78, 5) is 14.0. The molecule has 1 rings (SSSR count). The minimum atomic E-state index is -0.200. The van der Waals surface area contributed by atoms with Crippen molar-refractivity contribution in [3.05, 3.63) is 11.6 Å². The van der Waals surface area contributed by atoms with E-state index in [0.29, 0.717) is 6.04 Å². The maximum absolute atomic E-state index is 11.5. The smallest absolute Gasteiger partial charge is 0.333 e. The Balaban J connectivity index is 2.66. The zero-order valence-electron chi connectivity index (χ0n) is 12.1. The van der Waals surface area contributed by atoms with E-state index in [9.17, 15) is 4.79 Å². The zero-order chi connectivity index (χ0) is 13.4. The quantitative estimate of drug-likeness (QED) is 0.538. The van der Waals surface area contributed by atoms with E-state index in [4.69, 9.17) is 4.74 Å². The van der Waals surface area contributed by atoms with Gasteiger partial charge in [0.1, 0.15) is 0 Å². The van der Waals surface area contributed by atoms with Crippen LogP contribution in [0.5, 0.6) is 0 Å². The third kappa shape index (κ3) is 4.81. The summed E-state index contributed by atoms with van der Waals surface area (Å²) in [5.41, 5.74) is 0.740. The molecule has 104 valence electrons. The first-order valence-electron chi connectivity index (χ1n) is 7.19. The number of likely N-dealkylation sites (tertiary alicyclic amines) is 1. The van der Waals surface area contributed by atoms with Crippen molar-refractivity contribution in [3.8, 4) is 0 Å². The fourth-order valence-corrected chi connectivity index (χ4v) is 2.55. The highest BCUT2D eigenvalue weighted by Gasteiger charge is 2.19. The summed E-state index contributed by atoms with van der Waals surface area (Å²) in [5, 5.41) is 0. The molecule has 0 aromatic heterocycles. The van der Waals surface area contributed by atoms with Gasteiger partial charge < -0.3 is 4.74 Å². The third-order valence-electron chi connectivity index (χ3n) is 3.66. The molecule has 1 aliphatic rings. The molecule has 3 heteroatoms. The first-order chi connectivity index (χ1) is 8.69. The van der Waals surface area contributed by atoms with Crippen molar-refractivity contribution in [2.24, 2.45) is 0 Å². The van der Waals surface area contributed by atoms with Gasteiger partial charge in [0.2, 0.25) is 0 Å². The summed E-state index contributed by atoms with van der Waals surface area (Å²) in [7, 11) is 1.45. The average Bonchev–Trinajstić information content (AvgIpc) is 2.43. The molecular weight excluding hydrogens is 226 g/mol. The zero-order valence-corrected chi connectivity index (χ0v) is 12.1.